The van der Waals surface area contributed by atoms with Crippen LogP contribution in [0.1, 0.15) is 35.4 Å². The smallest absolute Gasteiger partial charge is 0.339 e. The van der Waals surface area contributed by atoms with Crippen LogP contribution in [0.5, 0.6) is 11.5 Å². The summed E-state index contributed by atoms with van der Waals surface area (Å²) in [4.78, 5) is 11.3. The monoisotopic (exact) mass is 194 g/mol. The van der Waals surface area contributed by atoms with Crippen molar-refractivity contribution in [1.82, 2.24) is 0 Å². The largest absolute Gasteiger partial charge is 0.504 e. The zero-order valence-corrected chi connectivity index (χ0v) is 7.65. The summed E-state index contributed by atoms with van der Waals surface area (Å²) in [6, 6.07) is 2.62. The number of carbonyl (C=O) groups is 1. The Balaban J connectivity index is 2.58. The summed E-state index contributed by atoms with van der Waals surface area (Å²) < 4.78 is 5.03. The van der Waals surface area contributed by atoms with Crippen molar-refractivity contribution >= 4 is 5.97 Å². The molecule has 0 radical (unpaired) electrons. The highest BCUT2D eigenvalue weighted by atomic mass is 16.5. The van der Waals surface area contributed by atoms with Gasteiger partial charge in [-0.1, -0.05) is 6.92 Å². The lowest BCUT2D eigenvalue weighted by Crippen LogP contribution is -1.96. The number of cyclic esters (lactones) is 1. The van der Waals surface area contributed by atoms with Crippen molar-refractivity contribution < 1.29 is 19.7 Å². The minimum absolute atomic E-state index is 0.222. The molecule has 0 saturated carbocycles. The van der Waals surface area contributed by atoms with E-state index in [0.29, 0.717) is 17.5 Å². The van der Waals surface area contributed by atoms with Gasteiger partial charge < -0.3 is 14.9 Å². The number of hydrogen-bond donors (Lipinski definition) is 2. The van der Waals surface area contributed by atoms with Gasteiger partial charge in [0.05, 0.1) is 5.56 Å². The average molecular weight is 194 g/mol. The van der Waals surface area contributed by atoms with E-state index >= 15 is 0 Å². The minimum atomic E-state index is -0.442. The van der Waals surface area contributed by atoms with E-state index in [1.54, 1.807) is 0 Å². The van der Waals surface area contributed by atoms with E-state index < -0.39 is 5.97 Å². The molecule has 14 heavy (non-hydrogen) atoms. The topological polar surface area (TPSA) is 66.8 Å². The third kappa shape index (κ3) is 1.11. The summed E-state index contributed by atoms with van der Waals surface area (Å²) >= 11 is 0. The molecule has 4 heteroatoms. The molecular weight excluding hydrogens is 184 g/mol. The molecule has 1 aromatic carbocycles. The molecule has 0 amide bonds. The number of fused-ring (bicyclic) bond motifs is 1. The van der Waals surface area contributed by atoms with Gasteiger partial charge in [0.15, 0.2) is 11.5 Å². The van der Waals surface area contributed by atoms with Crippen LogP contribution in [0.4, 0.5) is 0 Å². The Hall–Kier alpha value is -1.71. The third-order valence-electron chi connectivity index (χ3n) is 2.33. The van der Waals surface area contributed by atoms with Crippen LogP contribution in [-0.4, -0.2) is 16.2 Å². The SMILES string of the molecule is CC[C@@H]1OC(=O)c2cc(O)c(O)cc21. The van der Waals surface area contributed by atoms with Gasteiger partial charge in [-0.25, -0.2) is 4.79 Å². The Kier molecular flexibility index (Phi) is 1.84. The highest BCUT2D eigenvalue weighted by Crippen LogP contribution is 2.38. The molecule has 0 bridgehead atoms. The lowest BCUT2D eigenvalue weighted by Gasteiger charge is -2.06. The van der Waals surface area contributed by atoms with E-state index in [9.17, 15) is 15.0 Å². The number of phenols is 2. The maximum Gasteiger partial charge on any atom is 0.339 e. The third-order valence-corrected chi connectivity index (χ3v) is 2.33. The van der Waals surface area contributed by atoms with E-state index in [1.807, 2.05) is 6.92 Å². The van der Waals surface area contributed by atoms with Gasteiger partial charge in [0.2, 0.25) is 0 Å². The van der Waals surface area contributed by atoms with Gasteiger partial charge in [0.25, 0.3) is 0 Å². The number of ether oxygens (including phenoxy) is 1. The number of hydrogen-bond acceptors (Lipinski definition) is 4. The highest BCUT2D eigenvalue weighted by molar-refractivity contribution is 5.94. The fraction of sp³-hybridized carbons (Fsp3) is 0.300. The zero-order valence-electron chi connectivity index (χ0n) is 7.65. The molecule has 74 valence electrons. The van der Waals surface area contributed by atoms with Crippen molar-refractivity contribution in [1.29, 1.82) is 0 Å². The summed E-state index contributed by atoms with van der Waals surface area (Å²) in [6.45, 7) is 1.89. The van der Waals surface area contributed by atoms with Crippen LogP contribution in [0.2, 0.25) is 0 Å². The number of rotatable bonds is 1. The van der Waals surface area contributed by atoms with Gasteiger partial charge in [-0.2, -0.15) is 0 Å². The van der Waals surface area contributed by atoms with Crippen molar-refractivity contribution in [3.63, 3.8) is 0 Å². The van der Waals surface area contributed by atoms with E-state index in [4.69, 9.17) is 4.74 Å². The first kappa shape index (κ1) is 8.87. The Morgan fingerprint density at radius 1 is 1.36 bits per heavy atom. The summed E-state index contributed by atoms with van der Waals surface area (Å²) in [6.07, 6.45) is 0.354. The number of aromatic hydroxyl groups is 2. The molecule has 2 N–H and O–H groups in total. The van der Waals surface area contributed by atoms with E-state index in [0.717, 1.165) is 0 Å². The van der Waals surface area contributed by atoms with Crippen molar-refractivity contribution in [3.8, 4) is 11.5 Å². The van der Waals surface area contributed by atoms with Gasteiger partial charge in [-0.15, -0.1) is 0 Å². The van der Waals surface area contributed by atoms with Crippen LogP contribution in [0, 0.1) is 0 Å². The maximum absolute atomic E-state index is 11.3. The lowest BCUT2D eigenvalue weighted by atomic mass is 10.0. The number of carbonyl (C=O) groups excluding carboxylic acids is 1. The van der Waals surface area contributed by atoms with Crippen molar-refractivity contribution in [2.75, 3.05) is 0 Å². The molecule has 1 aliphatic rings. The van der Waals surface area contributed by atoms with E-state index in [1.165, 1.54) is 12.1 Å². The van der Waals surface area contributed by atoms with Crippen LogP contribution >= 0.6 is 0 Å². The fourth-order valence-corrected chi connectivity index (χ4v) is 1.60. The molecular formula is C10H10O4. The molecule has 1 heterocycles. The molecule has 1 atom stereocenters. The second-order valence-corrected chi connectivity index (χ2v) is 3.23. The number of benzene rings is 1. The molecule has 0 fully saturated rings. The molecule has 0 saturated heterocycles. The predicted molar refractivity (Wildman–Crippen MR) is 48.2 cm³/mol. The Morgan fingerprint density at radius 3 is 2.64 bits per heavy atom. The van der Waals surface area contributed by atoms with Crippen molar-refractivity contribution in [2.24, 2.45) is 0 Å². The average Bonchev–Trinajstić information content (AvgIpc) is 2.45. The van der Waals surface area contributed by atoms with Gasteiger partial charge >= 0.3 is 5.97 Å². The van der Waals surface area contributed by atoms with E-state index in [-0.39, 0.29) is 17.6 Å². The molecule has 4 nitrogen and oxygen atoms in total. The lowest BCUT2D eigenvalue weighted by molar-refractivity contribution is 0.0378. The van der Waals surface area contributed by atoms with Gasteiger partial charge in [0.1, 0.15) is 6.10 Å². The Labute approximate surface area is 80.7 Å². The normalized spacial score (nSPS) is 19.2. The highest BCUT2D eigenvalue weighted by Gasteiger charge is 2.31. The molecule has 0 unspecified atom stereocenters. The first-order valence-corrected chi connectivity index (χ1v) is 4.40. The second-order valence-electron chi connectivity index (χ2n) is 3.23. The van der Waals surface area contributed by atoms with E-state index in [2.05, 4.69) is 0 Å². The summed E-state index contributed by atoms with van der Waals surface area (Å²) in [5, 5.41) is 18.5. The minimum Gasteiger partial charge on any atom is -0.504 e. The quantitative estimate of drug-likeness (QED) is 0.527. The van der Waals surface area contributed by atoms with Crippen LogP contribution < -0.4 is 0 Å². The number of phenolic OH excluding ortho intramolecular Hbond substituents is 2. The maximum atomic E-state index is 11.3. The van der Waals surface area contributed by atoms with Crippen LogP contribution in [0.25, 0.3) is 0 Å². The molecule has 0 aromatic heterocycles. The summed E-state index contributed by atoms with van der Waals surface area (Å²) in [7, 11) is 0. The van der Waals surface area contributed by atoms with Gasteiger partial charge in [0, 0.05) is 5.56 Å². The van der Waals surface area contributed by atoms with Crippen molar-refractivity contribution in [2.45, 2.75) is 19.4 Å². The summed E-state index contributed by atoms with van der Waals surface area (Å²) in [5.74, 6) is -0.958. The first-order chi connectivity index (χ1) is 6.63. The molecule has 1 aliphatic heterocycles. The van der Waals surface area contributed by atoms with Crippen LogP contribution in [-0.2, 0) is 4.74 Å². The Morgan fingerprint density at radius 2 is 2.00 bits per heavy atom. The predicted octanol–water partition coefficient (Wildman–Crippen LogP) is 1.72. The zero-order chi connectivity index (χ0) is 10.3. The van der Waals surface area contributed by atoms with Crippen molar-refractivity contribution in [3.05, 3.63) is 23.3 Å². The van der Waals surface area contributed by atoms with Gasteiger partial charge in [-0.3, -0.25) is 0 Å². The van der Waals surface area contributed by atoms with Gasteiger partial charge in [-0.05, 0) is 18.6 Å². The Bertz CT molecular complexity index is 397. The standard InChI is InChI=1S/C10H10O4/c1-2-9-5-3-7(11)8(12)4-6(5)10(13)14-9/h3-4,9,11-12H,2H2,1H3/t9-/m0/s1. The molecule has 1 aromatic rings. The fourth-order valence-electron chi connectivity index (χ4n) is 1.60. The number of esters is 1. The molecule has 0 aliphatic carbocycles. The molecule has 0 spiro atoms. The first-order valence-electron chi connectivity index (χ1n) is 4.40. The van der Waals surface area contributed by atoms with Crippen LogP contribution in [0.15, 0.2) is 12.1 Å². The second kappa shape index (κ2) is 2.90. The summed E-state index contributed by atoms with van der Waals surface area (Å²) in [5.41, 5.74) is 0.986. The van der Waals surface area contributed by atoms with Crippen LogP contribution in [0.3, 0.4) is 0 Å². The molecule has 2 rings (SSSR count).